The lowest BCUT2D eigenvalue weighted by atomic mass is 9.88. The summed E-state index contributed by atoms with van der Waals surface area (Å²) in [6.45, 7) is 5.17. The average Bonchev–Trinajstić information content (AvgIpc) is 3.47. The molecule has 2 aromatic carbocycles. The molecule has 2 atom stereocenters. The molecule has 2 heterocycles. The van der Waals surface area contributed by atoms with Crippen LogP contribution in [0, 0.1) is 19.7 Å². The highest BCUT2D eigenvalue weighted by Gasteiger charge is 2.34. The standard InChI is InChI=1S/C22H20ClFN4O5S/c1-11-4-6-16(24)19(12(11)2)13(3)20(21-26-27-22(29)32-21)28-34(30,31)18-7-5-14(23)10-15(18)17-8-9-25-33-17/h4-10,13,20,28H,1-3H3,(H,27,29)/t13-,20+/m1/s1. The minimum absolute atomic E-state index is 0.162. The van der Waals surface area contributed by atoms with Gasteiger partial charge in [-0.25, -0.2) is 22.7 Å². The third kappa shape index (κ3) is 4.54. The van der Waals surface area contributed by atoms with Crippen molar-refractivity contribution in [2.75, 3.05) is 0 Å². The SMILES string of the molecule is Cc1ccc(F)c([C@@H](C)[C@H](NS(=O)(=O)c2ccc(Cl)cc2-c2ccno2)c2n[nH]c(=O)o2)c1C. The van der Waals surface area contributed by atoms with Crippen molar-refractivity contribution in [3.05, 3.63) is 86.6 Å². The Bertz CT molecular complexity index is 1500. The van der Waals surface area contributed by atoms with Crippen LogP contribution >= 0.6 is 11.6 Å². The number of nitrogens with zero attached hydrogens (tertiary/aromatic N) is 2. The minimum atomic E-state index is -4.30. The molecule has 4 rings (SSSR count). The van der Waals surface area contributed by atoms with Gasteiger partial charge in [-0.2, -0.15) is 4.72 Å². The van der Waals surface area contributed by atoms with Crippen molar-refractivity contribution >= 4 is 21.6 Å². The van der Waals surface area contributed by atoms with Crippen LogP contribution in [0.4, 0.5) is 4.39 Å². The Morgan fingerprint density at radius 3 is 2.59 bits per heavy atom. The van der Waals surface area contributed by atoms with Crippen LogP contribution in [-0.4, -0.2) is 23.8 Å². The highest BCUT2D eigenvalue weighted by atomic mass is 35.5. The summed E-state index contributed by atoms with van der Waals surface area (Å²) in [5.41, 5.74) is 1.90. The van der Waals surface area contributed by atoms with Crippen LogP contribution in [0.15, 0.2) is 61.2 Å². The lowest BCUT2D eigenvalue weighted by molar-refractivity contribution is 0.376. The van der Waals surface area contributed by atoms with Gasteiger partial charge in [0.15, 0.2) is 5.76 Å². The molecule has 2 N–H and O–H groups in total. The molecule has 9 nitrogen and oxygen atoms in total. The molecular formula is C22H20ClFN4O5S. The molecule has 0 bridgehead atoms. The van der Waals surface area contributed by atoms with Crippen LogP contribution in [0.1, 0.15) is 41.5 Å². The maximum Gasteiger partial charge on any atom is 0.434 e. The molecule has 34 heavy (non-hydrogen) atoms. The summed E-state index contributed by atoms with van der Waals surface area (Å²) in [6, 6.07) is 7.35. The first-order valence-electron chi connectivity index (χ1n) is 10.1. The Hall–Kier alpha value is -3.28. The molecule has 0 fully saturated rings. The molecule has 0 aliphatic carbocycles. The Kier molecular flexibility index (Phi) is 6.43. The molecule has 0 amide bonds. The summed E-state index contributed by atoms with van der Waals surface area (Å²) >= 11 is 6.09. The van der Waals surface area contributed by atoms with E-state index in [1.165, 1.54) is 36.5 Å². The first kappa shape index (κ1) is 23.9. The first-order valence-corrected chi connectivity index (χ1v) is 12.0. The van der Waals surface area contributed by atoms with Crippen LogP contribution in [0.5, 0.6) is 0 Å². The van der Waals surface area contributed by atoms with Crippen LogP contribution in [0.25, 0.3) is 11.3 Å². The smallest absolute Gasteiger partial charge is 0.391 e. The number of nitrogens with one attached hydrogen (secondary N) is 2. The first-order chi connectivity index (χ1) is 16.1. The maximum absolute atomic E-state index is 14.9. The van der Waals surface area contributed by atoms with E-state index in [0.29, 0.717) is 5.56 Å². The Morgan fingerprint density at radius 2 is 1.94 bits per heavy atom. The molecule has 4 aromatic rings. The molecule has 0 aliphatic rings. The molecule has 0 saturated carbocycles. The van der Waals surface area contributed by atoms with Crippen molar-refractivity contribution in [1.29, 1.82) is 0 Å². The third-order valence-corrected chi connectivity index (χ3v) is 7.36. The molecular weight excluding hydrogens is 487 g/mol. The second kappa shape index (κ2) is 9.16. The van der Waals surface area contributed by atoms with Crippen LogP contribution in [0.2, 0.25) is 5.02 Å². The van der Waals surface area contributed by atoms with Crippen molar-refractivity contribution in [3.63, 3.8) is 0 Å². The van der Waals surface area contributed by atoms with E-state index in [1.807, 2.05) is 6.92 Å². The van der Waals surface area contributed by atoms with Crippen LogP contribution in [-0.2, 0) is 10.0 Å². The van der Waals surface area contributed by atoms with Gasteiger partial charge < -0.3 is 8.94 Å². The number of aryl methyl sites for hydroxylation is 1. The lowest BCUT2D eigenvalue weighted by Crippen LogP contribution is -2.33. The number of sulfonamides is 1. The van der Waals surface area contributed by atoms with Gasteiger partial charge in [0, 0.05) is 22.6 Å². The van der Waals surface area contributed by atoms with Gasteiger partial charge in [0.25, 0.3) is 0 Å². The number of hydrogen-bond donors (Lipinski definition) is 2. The molecule has 12 heteroatoms. The molecule has 0 aliphatic heterocycles. The summed E-state index contributed by atoms with van der Waals surface area (Å²) < 4.78 is 54.7. The van der Waals surface area contributed by atoms with Crippen molar-refractivity contribution in [1.82, 2.24) is 20.1 Å². The quantitative estimate of drug-likeness (QED) is 0.383. The number of hydrogen-bond acceptors (Lipinski definition) is 7. The predicted molar refractivity (Wildman–Crippen MR) is 121 cm³/mol. The van der Waals surface area contributed by atoms with Gasteiger partial charge in [-0.15, -0.1) is 5.10 Å². The predicted octanol–water partition coefficient (Wildman–Crippen LogP) is 4.25. The van der Waals surface area contributed by atoms with Crippen molar-refractivity contribution in [3.8, 4) is 11.3 Å². The van der Waals surface area contributed by atoms with E-state index in [9.17, 15) is 17.6 Å². The van der Waals surface area contributed by atoms with Crippen LogP contribution < -0.4 is 10.5 Å². The van der Waals surface area contributed by atoms with Crippen molar-refractivity contribution < 1.29 is 21.7 Å². The fourth-order valence-corrected chi connectivity index (χ4v) is 5.42. The Morgan fingerprint density at radius 1 is 1.18 bits per heavy atom. The van der Waals surface area contributed by atoms with E-state index in [4.69, 9.17) is 20.5 Å². The van der Waals surface area contributed by atoms with E-state index in [1.54, 1.807) is 19.9 Å². The lowest BCUT2D eigenvalue weighted by Gasteiger charge is -2.25. The number of rotatable bonds is 7. The second-order valence-corrected chi connectivity index (χ2v) is 9.88. The van der Waals surface area contributed by atoms with Gasteiger partial charge in [-0.05, 0) is 54.8 Å². The second-order valence-electron chi connectivity index (χ2n) is 7.76. The topological polar surface area (TPSA) is 131 Å². The van der Waals surface area contributed by atoms with Crippen molar-refractivity contribution in [2.24, 2.45) is 0 Å². The summed E-state index contributed by atoms with van der Waals surface area (Å²) in [7, 11) is -4.30. The zero-order chi connectivity index (χ0) is 24.6. The van der Waals surface area contributed by atoms with E-state index in [-0.39, 0.29) is 32.7 Å². The molecule has 178 valence electrons. The number of halogens is 2. The summed E-state index contributed by atoms with van der Waals surface area (Å²) in [6.07, 6.45) is 1.37. The monoisotopic (exact) mass is 506 g/mol. The number of benzene rings is 2. The summed E-state index contributed by atoms with van der Waals surface area (Å²) in [5, 5.41) is 9.83. The molecule has 0 saturated heterocycles. The van der Waals surface area contributed by atoms with E-state index in [0.717, 1.165) is 5.56 Å². The minimum Gasteiger partial charge on any atom is -0.391 e. The number of H-pyrrole nitrogens is 1. The zero-order valence-corrected chi connectivity index (χ0v) is 19.9. The van der Waals surface area contributed by atoms with E-state index in [2.05, 4.69) is 20.1 Å². The van der Waals surface area contributed by atoms with Gasteiger partial charge in [-0.3, -0.25) is 0 Å². The summed E-state index contributed by atoms with van der Waals surface area (Å²) in [5.74, 6) is -2.26. The molecule has 0 unspecified atom stereocenters. The van der Waals surface area contributed by atoms with Gasteiger partial charge in [0.05, 0.1) is 11.1 Å². The maximum atomic E-state index is 14.9. The van der Waals surface area contributed by atoms with Gasteiger partial charge >= 0.3 is 5.76 Å². The summed E-state index contributed by atoms with van der Waals surface area (Å²) in [4.78, 5) is 11.5. The third-order valence-electron chi connectivity index (χ3n) is 5.63. The van der Waals surface area contributed by atoms with Gasteiger partial charge in [0.2, 0.25) is 15.9 Å². The number of aromatic amines is 1. The molecule has 0 radical (unpaired) electrons. The number of aromatic nitrogens is 3. The van der Waals surface area contributed by atoms with E-state index >= 15 is 0 Å². The van der Waals surface area contributed by atoms with Crippen molar-refractivity contribution in [2.45, 2.75) is 37.6 Å². The van der Waals surface area contributed by atoms with Gasteiger partial charge in [-0.1, -0.05) is 29.7 Å². The van der Waals surface area contributed by atoms with E-state index < -0.39 is 33.6 Å². The highest BCUT2D eigenvalue weighted by molar-refractivity contribution is 7.89. The largest absolute Gasteiger partial charge is 0.434 e. The van der Waals surface area contributed by atoms with Gasteiger partial charge in [0.1, 0.15) is 11.9 Å². The fraction of sp³-hybridized carbons (Fsp3) is 0.227. The van der Waals surface area contributed by atoms with Crippen LogP contribution in [0.3, 0.4) is 0 Å². The average molecular weight is 507 g/mol. The zero-order valence-electron chi connectivity index (χ0n) is 18.3. The highest BCUT2D eigenvalue weighted by Crippen LogP contribution is 2.37. The molecule has 2 aromatic heterocycles. The normalized spacial score (nSPS) is 13.7. The Labute approximate surface area is 199 Å². The molecule has 0 spiro atoms. The Balaban J connectivity index is 1.83. The fourth-order valence-electron chi connectivity index (χ4n) is 3.79.